The highest BCUT2D eigenvalue weighted by Crippen LogP contribution is 2.23. The van der Waals surface area contributed by atoms with E-state index in [0.29, 0.717) is 6.54 Å². The third-order valence-electron chi connectivity index (χ3n) is 4.08. The van der Waals surface area contributed by atoms with Gasteiger partial charge in [0.2, 0.25) is 5.91 Å². The van der Waals surface area contributed by atoms with Gasteiger partial charge in [-0.1, -0.05) is 60.7 Å². The van der Waals surface area contributed by atoms with Gasteiger partial charge in [-0.3, -0.25) is 9.78 Å². The fraction of sp³-hybridized carbons (Fsp3) is 0.143. The van der Waals surface area contributed by atoms with Crippen molar-refractivity contribution in [2.24, 2.45) is 0 Å². The Labute approximate surface area is 142 Å². The molecule has 0 aliphatic heterocycles. The predicted octanol–water partition coefficient (Wildman–Crippen LogP) is 4.42. The van der Waals surface area contributed by atoms with Gasteiger partial charge in [-0.2, -0.15) is 0 Å². The monoisotopic (exact) mass is 316 g/mol. The quantitative estimate of drug-likeness (QED) is 0.698. The van der Waals surface area contributed by atoms with Gasteiger partial charge in [0.25, 0.3) is 0 Å². The summed E-state index contributed by atoms with van der Waals surface area (Å²) >= 11 is 0. The molecule has 1 unspecified atom stereocenters. The van der Waals surface area contributed by atoms with Crippen LogP contribution in [-0.2, 0) is 11.3 Å². The second-order valence-electron chi connectivity index (χ2n) is 5.75. The molecular weight excluding hydrogens is 296 g/mol. The maximum absolute atomic E-state index is 13.1. The minimum Gasteiger partial charge on any atom is -0.306 e. The lowest BCUT2D eigenvalue weighted by molar-refractivity contribution is -0.119. The van der Waals surface area contributed by atoms with E-state index in [0.717, 1.165) is 16.8 Å². The summed E-state index contributed by atoms with van der Waals surface area (Å²) in [6.07, 6.45) is 3.45. The average molecular weight is 316 g/mol. The number of nitrogens with zero attached hydrogens (tertiary/aromatic N) is 2. The second-order valence-corrected chi connectivity index (χ2v) is 5.75. The number of pyridine rings is 1. The van der Waals surface area contributed by atoms with Crippen molar-refractivity contribution in [3.63, 3.8) is 0 Å². The molecule has 0 spiro atoms. The number of hydrogen-bond acceptors (Lipinski definition) is 2. The van der Waals surface area contributed by atoms with Crippen LogP contribution in [0.2, 0.25) is 0 Å². The minimum absolute atomic E-state index is 0.0676. The molecule has 1 heterocycles. The number of anilines is 1. The van der Waals surface area contributed by atoms with E-state index >= 15 is 0 Å². The lowest BCUT2D eigenvalue weighted by atomic mass is 9.99. The molecule has 120 valence electrons. The van der Waals surface area contributed by atoms with E-state index in [2.05, 4.69) is 4.98 Å². The molecule has 0 saturated heterocycles. The van der Waals surface area contributed by atoms with Crippen molar-refractivity contribution in [3.8, 4) is 0 Å². The van der Waals surface area contributed by atoms with Crippen LogP contribution < -0.4 is 4.90 Å². The molecule has 3 rings (SSSR count). The molecule has 1 atom stereocenters. The fourth-order valence-electron chi connectivity index (χ4n) is 2.69. The Morgan fingerprint density at radius 1 is 0.958 bits per heavy atom. The summed E-state index contributed by atoms with van der Waals surface area (Å²) in [5.41, 5.74) is 2.92. The summed E-state index contributed by atoms with van der Waals surface area (Å²) in [7, 11) is 0. The Hall–Kier alpha value is -2.94. The van der Waals surface area contributed by atoms with Crippen molar-refractivity contribution in [3.05, 3.63) is 96.3 Å². The molecule has 3 aromatic rings. The van der Waals surface area contributed by atoms with E-state index in [-0.39, 0.29) is 11.8 Å². The first-order valence-corrected chi connectivity index (χ1v) is 8.06. The normalized spacial score (nSPS) is 11.7. The molecule has 0 aliphatic carbocycles. The van der Waals surface area contributed by atoms with Gasteiger partial charge >= 0.3 is 0 Å². The first-order chi connectivity index (χ1) is 11.8. The van der Waals surface area contributed by atoms with Crippen LogP contribution in [0.3, 0.4) is 0 Å². The van der Waals surface area contributed by atoms with Crippen molar-refractivity contribution in [2.75, 3.05) is 4.90 Å². The van der Waals surface area contributed by atoms with E-state index in [1.54, 1.807) is 17.3 Å². The maximum Gasteiger partial charge on any atom is 0.234 e. The van der Waals surface area contributed by atoms with Crippen LogP contribution in [0, 0.1) is 0 Å². The van der Waals surface area contributed by atoms with Crippen LogP contribution in [0.15, 0.2) is 85.2 Å². The molecule has 2 aromatic carbocycles. The summed E-state index contributed by atoms with van der Waals surface area (Å²) in [4.78, 5) is 19.1. The summed E-state index contributed by atoms with van der Waals surface area (Å²) in [5, 5.41) is 0. The summed E-state index contributed by atoms with van der Waals surface area (Å²) in [5.74, 6) is -0.145. The van der Waals surface area contributed by atoms with Gasteiger partial charge in [-0.05, 0) is 30.2 Å². The second kappa shape index (κ2) is 7.55. The smallest absolute Gasteiger partial charge is 0.234 e. The maximum atomic E-state index is 13.1. The molecular formula is C21H20N2O. The lowest BCUT2D eigenvalue weighted by Gasteiger charge is -2.26. The van der Waals surface area contributed by atoms with Gasteiger partial charge in [0, 0.05) is 6.20 Å². The Morgan fingerprint density at radius 2 is 1.62 bits per heavy atom. The van der Waals surface area contributed by atoms with Crippen molar-refractivity contribution in [1.29, 1.82) is 0 Å². The Bertz CT molecular complexity index is 773. The third kappa shape index (κ3) is 3.69. The fourth-order valence-corrected chi connectivity index (χ4v) is 2.69. The largest absolute Gasteiger partial charge is 0.306 e. The number of benzene rings is 2. The first-order valence-electron chi connectivity index (χ1n) is 8.06. The summed E-state index contributed by atoms with van der Waals surface area (Å²) in [6, 6.07) is 23.7. The third-order valence-corrected chi connectivity index (χ3v) is 4.08. The van der Waals surface area contributed by atoms with E-state index in [4.69, 9.17) is 0 Å². The van der Waals surface area contributed by atoms with Crippen molar-refractivity contribution in [2.45, 2.75) is 19.4 Å². The van der Waals surface area contributed by atoms with E-state index in [1.165, 1.54) is 0 Å². The van der Waals surface area contributed by atoms with E-state index in [1.807, 2.05) is 79.7 Å². The number of carbonyl (C=O) groups excluding carboxylic acids is 1. The van der Waals surface area contributed by atoms with Crippen LogP contribution in [0.25, 0.3) is 0 Å². The van der Waals surface area contributed by atoms with Crippen molar-refractivity contribution < 1.29 is 4.79 Å². The summed E-state index contributed by atoms with van der Waals surface area (Å²) in [6.45, 7) is 2.48. The van der Waals surface area contributed by atoms with Gasteiger partial charge in [0.05, 0.1) is 24.3 Å². The Kier molecular flexibility index (Phi) is 5.02. The van der Waals surface area contributed by atoms with Crippen LogP contribution >= 0.6 is 0 Å². The molecule has 0 aliphatic rings. The van der Waals surface area contributed by atoms with Gasteiger partial charge < -0.3 is 4.90 Å². The number of carbonyl (C=O) groups is 1. The molecule has 0 bridgehead atoms. The number of amides is 1. The molecule has 3 heteroatoms. The van der Waals surface area contributed by atoms with Crippen LogP contribution in [-0.4, -0.2) is 10.9 Å². The highest BCUT2D eigenvalue weighted by molar-refractivity contribution is 5.97. The number of aromatic nitrogens is 1. The molecule has 3 nitrogen and oxygen atoms in total. The van der Waals surface area contributed by atoms with Crippen LogP contribution in [0.1, 0.15) is 24.0 Å². The van der Waals surface area contributed by atoms with Crippen LogP contribution in [0.4, 0.5) is 5.69 Å². The molecule has 0 N–H and O–H groups in total. The topological polar surface area (TPSA) is 33.2 Å². The highest BCUT2D eigenvalue weighted by atomic mass is 16.2. The number of hydrogen-bond donors (Lipinski definition) is 0. The SMILES string of the molecule is CC(C(=O)N(Cc1ccccc1)c1cccnc1)c1ccccc1. The predicted molar refractivity (Wildman–Crippen MR) is 96.7 cm³/mol. The van der Waals surface area contributed by atoms with Crippen LogP contribution in [0.5, 0.6) is 0 Å². The van der Waals surface area contributed by atoms with Gasteiger partial charge in [-0.25, -0.2) is 0 Å². The van der Waals surface area contributed by atoms with E-state index < -0.39 is 0 Å². The zero-order valence-electron chi connectivity index (χ0n) is 13.7. The molecule has 0 saturated carbocycles. The molecule has 0 radical (unpaired) electrons. The standard InChI is InChI=1S/C21H20N2O/c1-17(19-11-6-3-7-12-19)21(24)23(20-13-8-14-22-15-20)16-18-9-4-2-5-10-18/h2-15,17H,16H2,1H3. The zero-order chi connectivity index (χ0) is 16.8. The lowest BCUT2D eigenvalue weighted by Crippen LogP contribution is -2.34. The van der Waals surface area contributed by atoms with Gasteiger partial charge in [-0.15, -0.1) is 0 Å². The molecule has 1 amide bonds. The molecule has 0 fully saturated rings. The first kappa shape index (κ1) is 15.9. The highest BCUT2D eigenvalue weighted by Gasteiger charge is 2.23. The van der Waals surface area contributed by atoms with Gasteiger partial charge in [0.15, 0.2) is 0 Å². The molecule has 24 heavy (non-hydrogen) atoms. The Morgan fingerprint density at radius 3 is 2.25 bits per heavy atom. The Balaban J connectivity index is 1.91. The average Bonchev–Trinajstić information content (AvgIpc) is 2.67. The van der Waals surface area contributed by atoms with Crippen molar-refractivity contribution in [1.82, 2.24) is 4.98 Å². The zero-order valence-corrected chi connectivity index (χ0v) is 13.7. The van der Waals surface area contributed by atoms with Gasteiger partial charge in [0.1, 0.15) is 0 Å². The molecule has 1 aromatic heterocycles. The summed E-state index contributed by atoms with van der Waals surface area (Å²) < 4.78 is 0. The number of rotatable bonds is 5. The minimum atomic E-state index is -0.213. The van der Waals surface area contributed by atoms with E-state index in [9.17, 15) is 4.79 Å². The van der Waals surface area contributed by atoms with Crippen molar-refractivity contribution >= 4 is 11.6 Å².